The topological polar surface area (TPSA) is 22.9 Å². The highest BCUT2D eigenvalue weighted by molar-refractivity contribution is 6.93. The number of fused-ring (bicyclic) bond motifs is 10. The maximum absolute atomic E-state index is 7.01. The highest BCUT2D eigenvalue weighted by Crippen LogP contribution is 2.57. The molecule has 3 heterocycles. The molecule has 89 heavy (non-hydrogen) atoms. The Hall–Kier alpha value is -8.54. The lowest BCUT2D eigenvalue weighted by Gasteiger charge is -2.49. The second-order valence-corrected chi connectivity index (χ2v) is 30.9. The molecular formula is C84H82BN3O. The van der Waals surface area contributed by atoms with Crippen molar-refractivity contribution in [2.24, 2.45) is 0 Å². The number of hydrogen-bond donors (Lipinski definition) is 0. The molecule has 4 nitrogen and oxygen atoms in total. The first-order valence-electron chi connectivity index (χ1n) is 32.9. The van der Waals surface area contributed by atoms with Gasteiger partial charge in [0.1, 0.15) is 11.2 Å². The van der Waals surface area contributed by atoms with Crippen LogP contribution in [-0.2, 0) is 32.5 Å². The van der Waals surface area contributed by atoms with Gasteiger partial charge in [-0.1, -0.05) is 204 Å². The zero-order valence-corrected chi connectivity index (χ0v) is 54.2. The fraction of sp³-hybridized carbons (Fsp3) is 0.286. The van der Waals surface area contributed by atoms with Crippen LogP contribution in [0.3, 0.4) is 0 Å². The molecular weight excluding hydrogens is 1080 g/mol. The standard InChI is InChI=1S/C84H82BN3O/c1-79(2)39-41-81(5,6)68-46-59(35-37-66(68)79)87-74-52-71-70(83(9,10)43-44-84(71,11)12)51-72(74)85-78-65(63-50-77-64(62-25-19-20-26-76(62)89-77)49-73(63)88(85)60-36-38-67-69(47-60)82(7,8)42-40-80(67,3)4)45-61(48-75(78)87)86(57-31-27-55(28-32-57)53-21-15-13-16-22-53)58-33-29-56(30-34-58)54-23-17-14-18-24-54/h13-38,45-52H,39-44H2,1-12H3. The van der Waals surface area contributed by atoms with Crippen LogP contribution in [0.4, 0.5) is 45.5 Å². The molecule has 0 saturated carbocycles. The molecule has 2 aliphatic heterocycles. The first-order chi connectivity index (χ1) is 42.6. The van der Waals surface area contributed by atoms with Gasteiger partial charge in [-0.25, -0.2) is 0 Å². The summed E-state index contributed by atoms with van der Waals surface area (Å²) in [5.41, 5.74) is 29.8. The summed E-state index contributed by atoms with van der Waals surface area (Å²) in [6.07, 6.45) is 6.84. The van der Waals surface area contributed by atoms with E-state index in [1.807, 2.05) is 0 Å². The third-order valence-corrected chi connectivity index (χ3v) is 22.4. The van der Waals surface area contributed by atoms with Crippen molar-refractivity contribution in [2.75, 3.05) is 14.6 Å². The minimum atomic E-state index is -0.205. The Kier molecular flexibility index (Phi) is 12.2. The van der Waals surface area contributed by atoms with E-state index in [0.717, 1.165) is 83.1 Å². The van der Waals surface area contributed by atoms with Gasteiger partial charge in [-0.2, -0.15) is 0 Å². The predicted octanol–water partition coefficient (Wildman–Crippen LogP) is 22.1. The van der Waals surface area contributed by atoms with E-state index in [2.05, 4.69) is 304 Å². The number of furan rings is 1. The van der Waals surface area contributed by atoms with Gasteiger partial charge >= 0.3 is 6.85 Å². The van der Waals surface area contributed by atoms with Gasteiger partial charge in [0, 0.05) is 61.8 Å². The van der Waals surface area contributed by atoms with Crippen molar-refractivity contribution in [3.63, 3.8) is 0 Å². The molecule has 0 N–H and O–H groups in total. The van der Waals surface area contributed by atoms with E-state index >= 15 is 0 Å². The van der Waals surface area contributed by atoms with Crippen molar-refractivity contribution in [1.29, 1.82) is 0 Å². The summed E-state index contributed by atoms with van der Waals surface area (Å²) in [6, 6.07) is 79.2. The van der Waals surface area contributed by atoms with Gasteiger partial charge in [0.05, 0.1) is 0 Å². The van der Waals surface area contributed by atoms with Crippen LogP contribution in [0, 0.1) is 0 Å². The van der Waals surface area contributed by atoms with E-state index in [0.29, 0.717) is 0 Å². The molecule has 10 aromatic carbocycles. The Morgan fingerprint density at radius 3 is 1.35 bits per heavy atom. The summed E-state index contributed by atoms with van der Waals surface area (Å²) in [5, 5.41) is 2.27. The molecule has 0 unspecified atom stereocenters. The van der Waals surface area contributed by atoms with Gasteiger partial charge in [0.15, 0.2) is 0 Å². The Balaban J connectivity index is 1.04. The maximum atomic E-state index is 7.01. The zero-order valence-electron chi connectivity index (χ0n) is 54.2. The Morgan fingerprint density at radius 1 is 0.337 bits per heavy atom. The number of benzene rings is 10. The van der Waals surface area contributed by atoms with Gasteiger partial charge in [-0.3, -0.25) is 0 Å². The van der Waals surface area contributed by atoms with Crippen LogP contribution in [0.5, 0.6) is 0 Å². The number of anilines is 8. The molecule has 5 aliphatic rings. The molecule has 0 amide bonds. The van der Waals surface area contributed by atoms with Crippen molar-refractivity contribution in [3.8, 4) is 33.4 Å². The SMILES string of the molecule is CC1(C)CCC(C)(C)c2cc(N3B4c5cc6c(cc5N(c5ccc7c(c5)C(C)(C)CCC7(C)C)c5cc(N(c7ccc(-c8ccccc8)cc7)c7ccc(-c8ccccc8)cc7)cc(c54)-c4cc5oc7ccccc7c5cc43)C(C)(C)CCC6(C)C)ccc21. The molecule has 3 aliphatic carbocycles. The van der Waals surface area contributed by atoms with Gasteiger partial charge < -0.3 is 19.0 Å². The number of hydrogen-bond acceptors (Lipinski definition) is 4. The third kappa shape index (κ3) is 8.75. The summed E-state index contributed by atoms with van der Waals surface area (Å²) < 4.78 is 7.01. The normalized spacial score (nSPS) is 18.3. The smallest absolute Gasteiger partial charge is 0.333 e. The average Bonchev–Trinajstić information content (AvgIpc) is 1.09. The van der Waals surface area contributed by atoms with Gasteiger partial charge in [-0.15, -0.1) is 0 Å². The van der Waals surface area contributed by atoms with Crippen LogP contribution in [0.15, 0.2) is 211 Å². The van der Waals surface area contributed by atoms with Crippen LogP contribution < -0.4 is 25.5 Å². The van der Waals surface area contributed by atoms with E-state index in [4.69, 9.17) is 4.42 Å². The van der Waals surface area contributed by atoms with Crippen LogP contribution in [0.1, 0.15) is 155 Å². The number of para-hydroxylation sites is 1. The molecule has 0 fully saturated rings. The lowest BCUT2D eigenvalue weighted by molar-refractivity contribution is 0.332. The molecule has 442 valence electrons. The van der Waals surface area contributed by atoms with Crippen LogP contribution >= 0.6 is 0 Å². The molecule has 0 radical (unpaired) electrons. The van der Waals surface area contributed by atoms with E-state index in [1.54, 1.807) is 0 Å². The second-order valence-electron chi connectivity index (χ2n) is 30.9. The van der Waals surface area contributed by atoms with Crippen LogP contribution in [0.25, 0.3) is 55.3 Å². The fourth-order valence-electron chi connectivity index (χ4n) is 16.7. The van der Waals surface area contributed by atoms with Crippen molar-refractivity contribution in [2.45, 2.75) is 154 Å². The monoisotopic (exact) mass is 1160 g/mol. The highest BCUT2D eigenvalue weighted by atomic mass is 16.3. The zero-order chi connectivity index (χ0) is 61.3. The lowest BCUT2D eigenvalue weighted by Crippen LogP contribution is -2.62. The minimum absolute atomic E-state index is 0.00500. The minimum Gasteiger partial charge on any atom is -0.456 e. The van der Waals surface area contributed by atoms with Gasteiger partial charge in [0.25, 0.3) is 0 Å². The fourth-order valence-corrected chi connectivity index (χ4v) is 16.7. The van der Waals surface area contributed by atoms with Crippen molar-refractivity contribution in [3.05, 3.63) is 240 Å². The molecule has 0 spiro atoms. The molecule has 0 bridgehead atoms. The summed E-state index contributed by atoms with van der Waals surface area (Å²) in [6.45, 7) is 29.5. The van der Waals surface area contributed by atoms with Crippen molar-refractivity contribution < 1.29 is 4.42 Å². The third-order valence-electron chi connectivity index (χ3n) is 22.4. The first kappa shape index (κ1) is 55.8. The quantitative estimate of drug-likeness (QED) is 0.148. The second kappa shape index (κ2) is 19.5. The van der Waals surface area contributed by atoms with E-state index < -0.39 is 0 Å². The van der Waals surface area contributed by atoms with E-state index in [9.17, 15) is 0 Å². The average molecular weight is 1160 g/mol. The molecule has 0 atom stereocenters. The van der Waals surface area contributed by atoms with E-state index in [1.165, 1.54) is 101 Å². The molecule has 1 aromatic heterocycles. The summed E-state index contributed by atoms with van der Waals surface area (Å²) in [7, 11) is 0. The Labute approximate surface area is 528 Å². The summed E-state index contributed by atoms with van der Waals surface area (Å²) >= 11 is 0. The lowest BCUT2D eigenvalue weighted by atomic mass is 9.42. The first-order valence-corrected chi connectivity index (χ1v) is 32.9. The van der Waals surface area contributed by atoms with E-state index in [-0.39, 0.29) is 39.3 Å². The van der Waals surface area contributed by atoms with Crippen molar-refractivity contribution in [1.82, 2.24) is 0 Å². The molecule has 16 rings (SSSR count). The largest absolute Gasteiger partial charge is 0.456 e. The molecule has 0 saturated heterocycles. The summed E-state index contributed by atoms with van der Waals surface area (Å²) in [4.78, 5) is 8.02. The predicted molar refractivity (Wildman–Crippen MR) is 379 cm³/mol. The maximum Gasteiger partial charge on any atom is 0.333 e. The van der Waals surface area contributed by atoms with Crippen molar-refractivity contribution >= 4 is 85.2 Å². The Morgan fingerprint density at radius 2 is 0.798 bits per heavy atom. The summed E-state index contributed by atoms with van der Waals surface area (Å²) in [5.74, 6) is 0. The number of rotatable bonds is 7. The Bertz CT molecular complexity index is 4590. The molecule has 11 aromatic rings. The molecule has 5 heteroatoms. The van der Waals surface area contributed by atoms with Crippen LogP contribution in [-0.4, -0.2) is 6.85 Å². The number of nitrogens with zero attached hydrogens (tertiary/aromatic N) is 3. The highest BCUT2D eigenvalue weighted by Gasteiger charge is 2.50. The van der Waals surface area contributed by atoms with Gasteiger partial charge in [-0.05, 0) is 228 Å². The van der Waals surface area contributed by atoms with Crippen LogP contribution in [0.2, 0.25) is 0 Å². The van der Waals surface area contributed by atoms with Gasteiger partial charge in [0.2, 0.25) is 0 Å².